The summed E-state index contributed by atoms with van der Waals surface area (Å²) in [5, 5.41) is 0.293. The van der Waals surface area contributed by atoms with Gasteiger partial charge in [-0.1, -0.05) is 29.3 Å². The Morgan fingerprint density at radius 3 is 2.69 bits per heavy atom. The van der Waals surface area contributed by atoms with Crippen molar-refractivity contribution >= 4 is 27.8 Å². The zero-order valence-electron chi connectivity index (χ0n) is 9.74. The number of carbonyl (C=O) groups is 2. The van der Waals surface area contributed by atoms with E-state index in [-0.39, 0.29) is 11.8 Å². The summed E-state index contributed by atoms with van der Waals surface area (Å²) >= 11 is 3.16. The Morgan fingerprint density at radius 1 is 1.50 bits per heavy atom. The third-order valence-electron chi connectivity index (χ3n) is 3.20. The molecule has 1 fully saturated rings. The minimum absolute atomic E-state index is 0.0588. The van der Waals surface area contributed by atoms with Crippen molar-refractivity contribution in [2.75, 3.05) is 19.0 Å². The molecular formula is C11H18BrNO3. The number of halogens is 1. The summed E-state index contributed by atoms with van der Waals surface area (Å²) in [6, 6.07) is -0.314. The van der Waals surface area contributed by atoms with E-state index in [1.54, 1.807) is 4.90 Å². The molecule has 2 atom stereocenters. The Bertz CT molecular complexity index is 270. The Balaban J connectivity index is 2.75. The van der Waals surface area contributed by atoms with Crippen LogP contribution in [0, 0.1) is 5.92 Å². The maximum Gasteiger partial charge on any atom is 0.410 e. The lowest BCUT2D eigenvalue weighted by atomic mass is 9.87. The van der Waals surface area contributed by atoms with Gasteiger partial charge in [0, 0.05) is 6.54 Å². The number of ketones is 1. The number of carbonyl (C=O) groups excluding carboxylic acids is 2. The summed E-state index contributed by atoms with van der Waals surface area (Å²) in [5.41, 5.74) is 0. The maximum absolute atomic E-state index is 11.8. The molecule has 16 heavy (non-hydrogen) atoms. The van der Waals surface area contributed by atoms with Crippen molar-refractivity contribution in [3.05, 3.63) is 0 Å². The van der Waals surface area contributed by atoms with Crippen LogP contribution < -0.4 is 0 Å². The molecule has 4 nitrogen and oxygen atoms in total. The van der Waals surface area contributed by atoms with Crippen LogP contribution in [0.4, 0.5) is 4.79 Å². The molecule has 0 aromatic carbocycles. The SMILES string of the molecule is CCC1CCN(C(=O)OC)C(C(=O)CBr)C1. The van der Waals surface area contributed by atoms with Crippen molar-refractivity contribution in [2.45, 2.75) is 32.2 Å². The van der Waals surface area contributed by atoms with E-state index in [0.717, 1.165) is 19.3 Å². The highest BCUT2D eigenvalue weighted by molar-refractivity contribution is 9.09. The first-order valence-corrected chi connectivity index (χ1v) is 6.69. The first-order chi connectivity index (χ1) is 7.63. The molecule has 0 aromatic rings. The van der Waals surface area contributed by atoms with Gasteiger partial charge in [-0.2, -0.15) is 0 Å². The molecule has 1 rings (SSSR count). The van der Waals surface area contributed by atoms with Gasteiger partial charge in [0.05, 0.1) is 18.5 Å². The van der Waals surface area contributed by atoms with E-state index in [1.807, 2.05) is 0 Å². The van der Waals surface area contributed by atoms with Crippen LogP contribution in [0.25, 0.3) is 0 Å². The van der Waals surface area contributed by atoms with Crippen LogP contribution in [0.1, 0.15) is 26.2 Å². The predicted molar refractivity (Wildman–Crippen MR) is 64.7 cm³/mol. The Labute approximate surface area is 104 Å². The Kier molecular flexibility index (Phi) is 5.25. The number of hydrogen-bond acceptors (Lipinski definition) is 3. The second-order valence-corrected chi connectivity index (χ2v) is 4.64. The molecule has 0 radical (unpaired) electrons. The fourth-order valence-electron chi connectivity index (χ4n) is 2.14. The highest BCUT2D eigenvalue weighted by Crippen LogP contribution is 2.26. The van der Waals surface area contributed by atoms with Crippen molar-refractivity contribution in [2.24, 2.45) is 5.92 Å². The van der Waals surface area contributed by atoms with Crippen molar-refractivity contribution in [3.8, 4) is 0 Å². The summed E-state index contributed by atoms with van der Waals surface area (Å²) in [6.07, 6.45) is 2.38. The summed E-state index contributed by atoms with van der Waals surface area (Å²) in [6.45, 7) is 2.74. The molecule has 0 bridgehead atoms. The summed E-state index contributed by atoms with van der Waals surface area (Å²) < 4.78 is 4.70. The zero-order chi connectivity index (χ0) is 12.1. The molecular weight excluding hydrogens is 274 g/mol. The summed E-state index contributed by atoms with van der Waals surface area (Å²) in [5.74, 6) is 0.595. The van der Waals surface area contributed by atoms with Crippen molar-refractivity contribution in [1.29, 1.82) is 0 Å². The van der Waals surface area contributed by atoms with E-state index >= 15 is 0 Å². The Hall–Kier alpha value is -0.580. The van der Waals surface area contributed by atoms with Gasteiger partial charge in [-0.3, -0.25) is 9.69 Å². The standard InChI is InChI=1S/C11H18BrNO3/c1-3-8-4-5-13(11(15)16-2)9(6-8)10(14)7-12/h8-9H,3-7H2,1-2H3. The van der Waals surface area contributed by atoms with Gasteiger partial charge in [0.15, 0.2) is 5.78 Å². The normalized spacial score (nSPS) is 25.3. The highest BCUT2D eigenvalue weighted by atomic mass is 79.9. The first-order valence-electron chi connectivity index (χ1n) is 5.57. The van der Waals surface area contributed by atoms with Gasteiger partial charge in [-0.25, -0.2) is 4.79 Å². The number of alkyl halides is 1. The van der Waals surface area contributed by atoms with Crippen LogP contribution in [0.15, 0.2) is 0 Å². The van der Waals surface area contributed by atoms with E-state index in [4.69, 9.17) is 4.74 Å². The lowest BCUT2D eigenvalue weighted by Crippen LogP contribution is -2.50. The monoisotopic (exact) mass is 291 g/mol. The highest BCUT2D eigenvalue weighted by Gasteiger charge is 2.35. The molecule has 1 amide bonds. The van der Waals surface area contributed by atoms with Gasteiger partial charge in [0.1, 0.15) is 0 Å². The minimum Gasteiger partial charge on any atom is -0.453 e. The molecule has 0 aliphatic carbocycles. The van der Waals surface area contributed by atoms with Crippen LogP contribution in [0.3, 0.4) is 0 Å². The van der Waals surface area contributed by atoms with Crippen molar-refractivity contribution in [3.63, 3.8) is 0 Å². The smallest absolute Gasteiger partial charge is 0.410 e. The van der Waals surface area contributed by atoms with Gasteiger partial charge in [-0.15, -0.1) is 0 Å². The molecule has 0 saturated carbocycles. The van der Waals surface area contributed by atoms with Crippen LogP contribution in [0.5, 0.6) is 0 Å². The summed E-state index contributed by atoms with van der Waals surface area (Å²) in [4.78, 5) is 24.8. The second kappa shape index (κ2) is 6.23. The number of rotatable bonds is 3. The van der Waals surface area contributed by atoms with E-state index < -0.39 is 6.09 Å². The first kappa shape index (κ1) is 13.5. The van der Waals surface area contributed by atoms with Gasteiger partial charge in [0.25, 0.3) is 0 Å². The van der Waals surface area contributed by atoms with Crippen LogP contribution in [0.2, 0.25) is 0 Å². The van der Waals surface area contributed by atoms with Gasteiger partial charge < -0.3 is 4.74 Å². The number of amides is 1. The van der Waals surface area contributed by atoms with Crippen molar-refractivity contribution in [1.82, 2.24) is 4.90 Å². The molecule has 92 valence electrons. The number of nitrogens with zero attached hydrogens (tertiary/aromatic N) is 1. The lowest BCUT2D eigenvalue weighted by molar-refractivity contribution is -0.122. The summed E-state index contributed by atoms with van der Waals surface area (Å²) in [7, 11) is 1.35. The topological polar surface area (TPSA) is 46.6 Å². The molecule has 0 spiro atoms. The fourth-order valence-corrected chi connectivity index (χ4v) is 2.51. The largest absolute Gasteiger partial charge is 0.453 e. The van der Waals surface area contributed by atoms with E-state index in [1.165, 1.54) is 7.11 Å². The molecule has 1 aliphatic rings. The van der Waals surface area contributed by atoms with E-state index in [9.17, 15) is 9.59 Å². The van der Waals surface area contributed by atoms with Crippen LogP contribution >= 0.6 is 15.9 Å². The Morgan fingerprint density at radius 2 is 2.19 bits per heavy atom. The number of likely N-dealkylation sites (tertiary alicyclic amines) is 1. The number of Topliss-reactive ketones (excluding diaryl/α,β-unsaturated/α-hetero) is 1. The molecule has 1 aliphatic heterocycles. The average Bonchev–Trinajstić information content (AvgIpc) is 2.36. The molecule has 5 heteroatoms. The van der Waals surface area contributed by atoms with Crippen LogP contribution in [-0.4, -0.2) is 41.8 Å². The second-order valence-electron chi connectivity index (χ2n) is 4.08. The molecule has 1 heterocycles. The predicted octanol–water partition coefficient (Wildman–Crippen LogP) is 2.21. The molecule has 1 saturated heterocycles. The molecule has 0 N–H and O–H groups in total. The fraction of sp³-hybridized carbons (Fsp3) is 0.818. The number of piperidine rings is 1. The average molecular weight is 292 g/mol. The lowest BCUT2D eigenvalue weighted by Gasteiger charge is -2.37. The third-order valence-corrected chi connectivity index (χ3v) is 3.75. The zero-order valence-corrected chi connectivity index (χ0v) is 11.3. The minimum atomic E-state index is -0.395. The molecule has 0 aromatic heterocycles. The quantitative estimate of drug-likeness (QED) is 0.749. The number of ether oxygens (including phenoxy) is 1. The number of hydrogen-bond donors (Lipinski definition) is 0. The maximum atomic E-state index is 11.8. The van der Waals surface area contributed by atoms with Gasteiger partial charge in [-0.05, 0) is 18.8 Å². The molecule has 2 unspecified atom stereocenters. The van der Waals surface area contributed by atoms with Crippen molar-refractivity contribution < 1.29 is 14.3 Å². The van der Waals surface area contributed by atoms with Gasteiger partial charge in [0.2, 0.25) is 0 Å². The van der Waals surface area contributed by atoms with Crippen LogP contribution in [-0.2, 0) is 9.53 Å². The number of methoxy groups -OCH3 is 1. The van der Waals surface area contributed by atoms with E-state index in [2.05, 4.69) is 22.9 Å². The third kappa shape index (κ3) is 2.97. The van der Waals surface area contributed by atoms with E-state index in [0.29, 0.717) is 17.8 Å². The van der Waals surface area contributed by atoms with Gasteiger partial charge >= 0.3 is 6.09 Å².